The first-order valence-electron chi connectivity index (χ1n) is 11.2. The summed E-state index contributed by atoms with van der Waals surface area (Å²) in [6.45, 7) is 0.575. The maximum Gasteiger partial charge on any atom is 0.309 e. The Labute approximate surface area is 187 Å². The molecule has 0 amide bonds. The standard InChI is InChI=1S/C22H33ClO8/c23-12-11-19(24)29-13-1-2-14-30-21(27)16-3-5-17(6-4-16)22(28)31-18-9-7-15(8-10-18)20(25)26/h15-18H,1-14H2,(H,25,26). The van der Waals surface area contributed by atoms with Crippen molar-refractivity contribution in [2.75, 3.05) is 19.1 Å². The fourth-order valence-electron chi connectivity index (χ4n) is 4.08. The SMILES string of the molecule is O=C(CCCl)OCCCCOC(=O)C1CCC(C(=O)OC2CCC(C(=O)O)CC2)CC1. The molecule has 0 spiro atoms. The fourth-order valence-corrected chi connectivity index (χ4v) is 4.24. The Balaban J connectivity index is 1.56. The van der Waals surface area contributed by atoms with Gasteiger partial charge in [0, 0.05) is 5.88 Å². The summed E-state index contributed by atoms with van der Waals surface area (Å²) in [5.74, 6) is -2.06. The predicted molar refractivity (Wildman–Crippen MR) is 111 cm³/mol. The van der Waals surface area contributed by atoms with Crippen molar-refractivity contribution in [3.05, 3.63) is 0 Å². The van der Waals surface area contributed by atoms with Crippen LogP contribution < -0.4 is 0 Å². The van der Waals surface area contributed by atoms with Crippen LogP contribution in [-0.4, -0.2) is 54.2 Å². The summed E-state index contributed by atoms with van der Waals surface area (Å²) in [4.78, 5) is 46.8. The number of rotatable bonds is 11. The Hall–Kier alpha value is -1.83. The van der Waals surface area contributed by atoms with Crippen molar-refractivity contribution in [3.63, 3.8) is 0 Å². The topological polar surface area (TPSA) is 116 Å². The van der Waals surface area contributed by atoms with Crippen molar-refractivity contribution >= 4 is 35.5 Å². The largest absolute Gasteiger partial charge is 0.481 e. The normalized spacial score (nSPS) is 26.0. The highest BCUT2D eigenvalue weighted by Gasteiger charge is 2.34. The van der Waals surface area contributed by atoms with Crippen molar-refractivity contribution in [1.82, 2.24) is 0 Å². The highest BCUT2D eigenvalue weighted by molar-refractivity contribution is 6.18. The Morgan fingerprint density at radius 1 is 0.742 bits per heavy atom. The summed E-state index contributed by atoms with van der Waals surface area (Å²) in [6.07, 6.45) is 5.90. The van der Waals surface area contributed by atoms with E-state index < -0.39 is 5.97 Å². The highest BCUT2D eigenvalue weighted by atomic mass is 35.5. The number of carboxylic acids is 1. The summed E-state index contributed by atoms with van der Waals surface area (Å²) in [5, 5.41) is 9.04. The van der Waals surface area contributed by atoms with E-state index >= 15 is 0 Å². The van der Waals surface area contributed by atoms with E-state index in [0.717, 1.165) is 0 Å². The molecule has 0 saturated heterocycles. The van der Waals surface area contributed by atoms with Crippen LogP contribution in [0.1, 0.15) is 70.6 Å². The van der Waals surface area contributed by atoms with Crippen LogP contribution >= 0.6 is 11.6 Å². The minimum Gasteiger partial charge on any atom is -0.481 e. The van der Waals surface area contributed by atoms with E-state index in [0.29, 0.717) is 70.8 Å². The Bertz CT molecular complexity index is 607. The molecule has 9 heteroatoms. The molecule has 31 heavy (non-hydrogen) atoms. The van der Waals surface area contributed by atoms with Crippen LogP contribution in [0.25, 0.3) is 0 Å². The zero-order valence-corrected chi connectivity index (χ0v) is 18.6. The van der Waals surface area contributed by atoms with Gasteiger partial charge in [-0.25, -0.2) is 0 Å². The maximum atomic E-state index is 12.4. The number of halogens is 1. The molecular formula is C22H33ClO8. The number of hydrogen-bond acceptors (Lipinski definition) is 7. The van der Waals surface area contributed by atoms with Crippen LogP contribution in [0, 0.1) is 17.8 Å². The van der Waals surface area contributed by atoms with Crippen LogP contribution in [-0.2, 0) is 33.4 Å². The first-order valence-corrected chi connectivity index (χ1v) is 11.8. The van der Waals surface area contributed by atoms with Crippen LogP contribution in [0.3, 0.4) is 0 Å². The van der Waals surface area contributed by atoms with Crippen LogP contribution in [0.4, 0.5) is 0 Å². The quantitative estimate of drug-likeness (QED) is 0.215. The molecule has 0 bridgehead atoms. The second kappa shape index (κ2) is 13.6. The summed E-state index contributed by atoms with van der Waals surface area (Å²) in [7, 11) is 0. The second-order valence-electron chi connectivity index (χ2n) is 8.33. The highest BCUT2D eigenvalue weighted by Crippen LogP contribution is 2.32. The number of carbonyl (C=O) groups is 4. The maximum absolute atomic E-state index is 12.4. The minimum absolute atomic E-state index is 0.193. The number of hydrogen-bond donors (Lipinski definition) is 1. The molecule has 0 heterocycles. The molecule has 0 aromatic heterocycles. The van der Waals surface area contributed by atoms with E-state index in [4.69, 9.17) is 30.9 Å². The van der Waals surface area contributed by atoms with E-state index in [2.05, 4.69) is 0 Å². The molecule has 8 nitrogen and oxygen atoms in total. The predicted octanol–water partition coefficient (Wildman–Crippen LogP) is 3.47. The van der Waals surface area contributed by atoms with Gasteiger partial charge in [0.05, 0.1) is 37.4 Å². The molecule has 2 saturated carbocycles. The van der Waals surface area contributed by atoms with E-state index in [1.807, 2.05) is 0 Å². The van der Waals surface area contributed by atoms with Crippen LogP contribution in [0.15, 0.2) is 0 Å². The van der Waals surface area contributed by atoms with Gasteiger partial charge in [0.2, 0.25) is 0 Å². The molecule has 176 valence electrons. The number of carboxylic acid groups (broad SMARTS) is 1. The van der Waals surface area contributed by atoms with Gasteiger partial charge in [-0.2, -0.15) is 0 Å². The van der Waals surface area contributed by atoms with Gasteiger partial charge in [0.1, 0.15) is 6.10 Å². The molecule has 2 fully saturated rings. The average Bonchev–Trinajstić information content (AvgIpc) is 2.76. The van der Waals surface area contributed by atoms with Gasteiger partial charge in [-0.3, -0.25) is 19.2 Å². The molecule has 2 rings (SSSR count). The third kappa shape index (κ3) is 9.05. The number of ether oxygens (including phenoxy) is 3. The van der Waals surface area contributed by atoms with Gasteiger partial charge in [-0.15, -0.1) is 11.6 Å². The molecule has 0 aromatic rings. The number of esters is 3. The molecule has 0 unspecified atom stereocenters. The van der Waals surface area contributed by atoms with Crippen LogP contribution in [0.5, 0.6) is 0 Å². The van der Waals surface area contributed by atoms with Gasteiger partial charge in [0.15, 0.2) is 0 Å². The molecule has 2 aliphatic carbocycles. The number of unbranched alkanes of at least 4 members (excludes halogenated alkanes) is 1. The van der Waals surface area contributed by atoms with Crippen LogP contribution in [0.2, 0.25) is 0 Å². The average molecular weight is 461 g/mol. The summed E-state index contributed by atoms with van der Waals surface area (Å²) < 4.78 is 15.9. The van der Waals surface area contributed by atoms with E-state index in [1.165, 1.54) is 0 Å². The smallest absolute Gasteiger partial charge is 0.309 e. The lowest BCUT2D eigenvalue weighted by molar-refractivity contribution is -0.161. The number of alkyl halides is 1. The third-order valence-corrected chi connectivity index (χ3v) is 6.23. The summed E-state index contributed by atoms with van der Waals surface area (Å²) >= 11 is 5.45. The lowest BCUT2D eigenvalue weighted by Crippen LogP contribution is -2.32. The van der Waals surface area contributed by atoms with E-state index in [1.54, 1.807) is 0 Å². The van der Waals surface area contributed by atoms with Gasteiger partial charge >= 0.3 is 23.9 Å². The molecule has 1 N–H and O–H groups in total. The number of aliphatic carboxylic acids is 1. The third-order valence-electron chi connectivity index (χ3n) is 6.04. The van der Waals surface area contributed by atoms with E-state index in [-0.39, 0.29) is 60.7 Å². The van der Waals surface area contributed by atoms with Gasteiger partial charge in [-0.05, 0) is 64.2 Å². The molecule has 2 aliphatic rings. The molecule has 0 atom stereocenters. The first-order chi connectivity index (χ1) is 14.9. The fraction of sp³-hybridized carbons (Fsp3) is 0.818. The Morgan fingerprint density at radius 2 is 1.26 bits per heavy atom. The molecule has 0 aromatic carbocycles. The Kier molecular flexibility index (Phi) is 11.1. The minimum atomic E-state index is -0.777. The van der Waals surface area contributed by atoms with Crippen molar-refractivity contribution < 1.29 is 38.5 Å². The lowest BCUT2D eigenvalue weighted by Gasteiger charge is -2.30. The zero-order valence-electron chi connectivity index (χ0n) is 17.9. The number of carbonyl (C=O) groups excluding carboxylic acids is 3. The van der Waals surface area contributed by atoms with Crippen molar-refractivity contribution in [2.24, 2.45) is 17.8 Å². The lowest BCUT2D eigenvalue weighted by atomic mass is 9.82. The molecule has 0 aliphatic heterocycles. The Morgan fingerprint density at radius 3 is 1.81 bits per heavy atom. The van der Waals surface area contributed by atoms with Crippen molar-refractivity contribution in [2.45, 2.75) is 76.7 Å². The summed E-state index contributed by atoms with van der Waals surface area (Å²) in [6, 6.07) is 0. The molecular weight excluding hydrogens is 428 g/mol. The molecule has 0 radical (unpaired) electrons. The van der Waals surface area contributed by atoms with E-state index in [9.17, 15) is 19.2 Å². The zero-order chi connectivity index (χ0) is 22.6. The van der Waals surface area contributed by atoms with Crippen molar-refractivity contribution in [3.8, 4) is 0 Å². The van der Waals surface area contributed by atoms with Crippen molar-refractivity contribution in [1.29, 1.82) is 0 Å². The van der Waals surface area contributed by atoms with Gasteiger partial charge in [-0.1, -0.05) is 0 Å². The summed E-state index contributed by atoms with van der Waals surface area (Å²) in [5.41, 5.74) is 0. The first kappa shape index (κ1) is 25.4. The second-order valence-corrected chi connectivity index (χ2v) is 8.71. The van der Waals surface area contributed by atoms with Gasteiger partial charge in [0.25, 0.3) is 0 Å². The van der Waals surface area contributed by atoms with Gasteiger partial charge < -0.3 is 19.3 Å². The monoisotopic (exact) mass is 460 g/mol.